The van der Waals surface area contributed by atoms with Crippen LogP contribution >= 0.6 is 0 Å². The zero-order valence-corrected chi connectivity index (χ0v) is 14.7. The Balaban J connectivity index is 2.05. The summed E-state index contributed by atoms with van der Waals surface area (Å²) in [6.45, 7) is 5.81. The zero-order valence-electron chi connectivity index (χ0n) is 14.7. The lowest BCUT2D eigenvalue weighted by molar-refractivity contribution is -0.130. The molecule has 0 aromatic heterocycles. The minimum atomic E-state index is 0.204. The third-order valence-corrected chi connectivity index (χ3v) is 4.56. The Morgan fingerprint density at radius 1 is 1.17 bits per heavy atom. The lowest BCUT2D eigenvalue weighted by atomic mass is 10.0. The Bertz CT molecular complexity index is 545. The van der Waals surface area contributed by atoms with E-state index in [9.17, 15) is 4.79 Å². The Morgan fingerprint density at radius 2 is 1.83 bits per heavy atom. The number of methoxy groups -OCH3 is 2. The molecule has 0 spiro atoms. The lowest BCUT2D eigenvalue weighted by Crippen LogP contribution is -2.34. The summed E-state index contributed by atoms with van der Waals surface area (Å²) < 4.78 is 10.7. The number of fused-ring (bicyclic) bond motifs is 1. The second kappa shape index (κ2) is 8.20. The van der Waals surface area contributed by atoms with Gasteiger partial charge in [-0.1, -0.05) is 6.92 Å². The van der Waals surface area contributed by atoms with Crippen molar-refractivity contribution in [2.75, 3.05) is 47.4 Å². The molecule has 2 rings (SSSR count). The minimum Gasteiger partial charge on any atom is -0.493 e. The highest BCUT2D eigenvalue weighted by Crippen LogP contribution is 2.32. The molecule has 0 saturated carbocycles. The first-order valence-corrected chi connectivity index (χ1v) is 8.29. The summed E-state index contributed by atoms with van der Waals surface area (Å²) >= 11 is 0. The van der Waals surface area contributed by atoms with Gasteiger partial charge in [0.05, 0.1) is 20.6 Å². The van der Waals surface area contributed by atoms with E-state index < -0.39 is 0 Å². The smallest absolute Gasteiger partial charge is 0.227 e. The number of amides is 1. The van der Waals surface area contributed by atoms with Crippen LogP contribution in [0.25, 0.3) is 0 Å². The molecule has 0 aliphatic carbocycles. The van der Waals surface area contributed by atoms with Crippen LogP contribution in [0.5, 0.6) is 11.5 Å². The monoisotopic (exact) mass is 320 g/mol. The zero-order chi connectivity index (χ0) is 16.8. The summed E-state index contributed by atoms with van der Waals surface area (Å²) in [4.78, 5) is 16.8. The van der Waals surface area contributed by atoms with Crippen LogP contribution in [0.3, 0.4) is 0 Å². The van der Waals surface area contributed by atoms with Crippen LogP contribution in [0.15, 0.2) is 12.1 Å². The van der Waals surface area contributed by atoms with E-state index in [4.69, 9.17) is 9.47 Å². The van der Waals surface area contributed by atoms with Gasteiger partial charge in [0, 0.05) is 13.1 Å². The van der Waals surface area contributed by atoms with Crippen LogP contribution in [0.1, 0.15) is 24.5 Å². The van der Waals surface area contributed by atoms with Crippen LogP contribution in [-0.2, 0) is 17.6 Å². The second-order valence-electron chi connectivity index (χ2n) is 6.03. The van der Waals surface area contributed by atoms with Crippen molar-refractivity contribution in [3.05, 3.63) is 23.3 Å². The molecule has 1 aliphatic heterocycles. The Kier molecular flexibility index (Phi) is 6.28. The minimum absolute atomic E-state index is 0.204. The van der Waals surface area contributed by atoms with Crippen molar-refractivity contribution < 1.29 is 14.3 Å². The maximum atomic E-state index is 12.5. The molecule has 0 atom stereocenters. The first-order valence-electron chi connectivity index (χ1n) is 8.29. The molecule has 0 N–H and O–H groups in total. The van der Waals surface area contributed by atoms with Crippen molar-refractivity contribution in [2.24, 2.45) is 0 Å². The molecule has 0 saturated heterocycles. The Hall–Kier alpha value is -1.75. The highest BCUT2D eigenvalue weighted by Gasteiger charge is 2.22. The molecule has 0 unspecified atom stereocenters. The predicted molar refractivity (Wildman–Crippen MR) is 91.3 cm³/mol. The second-order valence-corrected chi connectivity index (χ2v) is 6.03. The summed E-state index contributed by atoms with van der Waals surface area (Å²) in [5, 5.41) is 0. The summed E-state index contributed by atoms with van der Waals surface area (Å²) in [5.41, 5.74) is 2.24. The van der Waals surface area contributed by atoms with Crippen LogP contribution < -0.4 is 9.47 Å². The van der Waals surface area contributed by atoms with Crippen molar-refractivity contribution >= 4 is 5.91 Å². The number of nitrogens with zero attached hydrogens (tertiary/aromatic N) is 2. The first kappa shape index (κ1) is 17.6. The largest absolute Gasteiger partial charge is 0.493 e. The molecule has 0 radical (unpaired) electrons. The number of hydrogen-bond acceptors (Lipinski definition) is 4. The van der Waals surface area contributed by atoms with Gasteiger partial charge in [0.15, 0.2) is 11.5 Å². The average Bonchev–Trinajstić information content (AvgIpc) is 2.71. The third kappa shape index (κ3) is 4.38. The molecule has 1 aromatic carbocycles. The molecule has 1 amide bonds. The Labute approximate surface area is 139 Å². The standard InChI is InChI=1S/C18H28N2O3/c1-5-19(2)8-6-9-20-10-7-14-11-16(22-3)17(23-4)12-15(14)13-18(20)21/h11-12H,5-10,13H2,1-4H3. The number of rotatable bonds is 7. The van der Waals surface area contributed by atoms with Gasteiger partial charge in [0.25, 0.3) is 0 Å². The molecule has 128 valence electrons. The van der Waals surface area contributed by atoms with E-state index >= 15 is 0 Å². The first-order chi connectivity index (χ1) is 11.1. The fourth-order valence-corrected chi connectivity index (χ4v) is 2.94. The van der Waals surface area contributed by atoms with Gasteiger partial charge in [-0.3, -0.25) is 4.79 Å². The van der Waals surface area contributed by atoms with E-state index in [1.165, 1.54) is 5.56 Å². The highest BCUT2D eigenvalue weighted by atomic mass is 16.5. The lowest BCUT2D eigenvalue weighted by Gasteiger charge is -2.22. The van der Waals surface area contributed by atoms with E-state index in [1.54, 1.807) is 14.2 Å². The van der Waals surface area contributed by atoms with Gasteiger partial charge in [-0.25, -0.2) is 0 Å². The van der Waals surface area contributed by atoms with Gasteiger partial charge >= 0.3 is 0 Å². The van der Waals surface area contributed by atoms with Crippen LogP contribution in [0.2, 0.25) is 0 Å². The maximum Gasteiger partial charge on any atom is 0.227 e. The van der Waals surface area contributed by atoms with Crippen LogP contribution in [0.4, 0.5) is 0 Å². The molecule has 1 aliphatic rings. The molecule has 23 heavy (non-hydrogen) atoms. The summed E-state index contributed by atoms with van der Waals surface area (Å²) in [6.07, 6.45) is 2.32. The molecule has 5 heteroatoms. The third-order valence-electron chi connectivity index (χ3n) is 4.56. The summed E-state index contributed by atoms with van der Waals surface area (Å²) in [7, 11) is 5.38. The van der Waals surface area contributed by atoms with Crippen molar-refractivity contribution in [3.63, 3.8) is 0 Å². The van der Waals surface area contributed by atoms with E-state index in [1.807, 2.05) is 17.0 Å². The van der Waals surface area contributed by atoms with E-state index in [0.717, 1.165) is 50.3 Å². The van der Waals surface area contributed by atoms with Crippen LogP contribution in [0, 0.1) is 0 Å². The molecule has 1 aromatic rings. The van der Waals surface area contributed by atoms with Gasteiger partial charge in [0.2, 0.25) is 5.91 Å². The summed E-state index contributed by atoms with van der Waals surface area (Å²) in [6, 6.07) is 3.95. The van der Waals surface area contributed by atoms with Gasteiger partial charge in [-0.15, -0.1) is 0 Å². The van der Waals surface area contributed by atoms with Gasteiger partial charge in [-0.05, 0) is 56.2 Å². The van der Waals surface area contributed by atoms with Crippen molar-refractivity contribution in [1.29, 1.82) is 0 Å². The van der Waals surface area contributed by atoms with E-state index in [-0.39, 0.29) is 5.91 Å². The maximum absolute atomic E-state index is 12.5. The van der Waals surface area contributed by atoms with E-state index in [0.29, 0.717) is 12.2 Å². The quantitative estimate of drug-likeness (QED) is 0.770. The number of hydrogen-bond donors (Lipinski definition) is 0. The highest BCUT2D eigenvalue weighted by molar-refractivity contribution is 5.80. The molecule has 0 fully saturated rings. The predicted octanol–water partition coefficient (Wildman–Crippen LogP) is 1.97. The van der Waals surface area contributed by atoms with Gasteiger partial charge in [0.1, 0.15) is 0 Å². The molecule has 1 heterocycles. The number of carbonyl (C=O) groups excluding carboxylic acids is 1. The van der Waals surface area contributed by atoms with Gasteiger partial charge in [-0.2, -0.15) is 0 Å². The molecule has 5 nitrogen and oxygen atoms in total. The van der Waals surface area contributed by atoms with E-state index in [2.05, 4.69) is 18.9 Å². The summed E-state index contributed by atoms with van der Waals surface area (Å²) in [5.74, 6) is 1.63. The SMILES string of the molecule is CCN(C)CCCN1CCc2cc(OC)c(OC)cc2CC1=O. The normalized spacial score (nSPS) is 14.7. The van der Waals surface area contributed by atoms with Gasteiger partial charge < -0.3 is 19.3 Å². The van der Waals surface area contributed by atoms with Crippen molar-refractivity contribution in [1.82, 2.24) is 9.80 Å². The van der Waals surface area contributed by atoms with Crippen molar-refractivity contribution in [3.8, 4) is 11.5 Å². The molecule has 0 bridgehead atoms. The number of ether oxygens (including phenoxy) is 2. The number of carbonyl (C=O) groups is 1. The fraction of sp³-hybridized carbons (Fsp3) is 0.611. The van der Waals surface area contributed by atoms with Crippen LogP contribution in [-0.4, -0.2) is 63.2 Å². The average molecular weight is 320 g/mol. The molecular formula is C18H28N2O3. The number of benzene rings is 1. The molecular weight excluding hydrogens is 292 g/mol. The van der Waals surface area contributed by atoms with Crippen molar-refractivity contribution in [2.45, 2.75) is 26.2 Å². The fourth-order valence-electron chi connectivity index (χ4n) is 2.94. The topological polar surface area (TPSA) is 42.0 Å². The Morgan fingerprint density at radius 3 is 2.43 bits per heavy atom.